The summed E-state index contributed by atoms with van der Waals surface area (Å²) in [7, 11) is 0. The van der Waals surface area contributed by atoms with Crippen LogP contribution in [0.1, 0.15) is 34.3 Å². The molecular weight excluding hydrogens is 426 g/mol. The highest BCUT2D eigenvalue weighted by Gasteiger charge is 2.27. The van der Waals surface area contributed by atoms with E-state index in [2.05, 4.69) is 26.4 Å². The van der Waals surface area contributed by atoms with Crippen molar-refractivity contribution in [2.75, 3.05) is 25.0 Å². The maximum atomic E-state index is 12.7. The van der Waals surface area contributed by atoms with Crippen molar-refractivity contribution < 1.29 is 14.3 Å². The van der Waals surface area contributed by atoms with Gasteiger partial charge in [0.05, 0.1) is 20.9 Å². The van der Waals surface area contributed by atoms with E-state index in [0.29, 0.717) is 35.0 Å². The summed E-state index contributed by atoms with van der Waals surface area (Å²) in [6, 6.07) is 5.38. The van der Waals surface area contributed by atoms with Crippen molar-refractivity contribution in [2.45, 2.75) is 18.8 Å². The second kappa shape index (κ2) is 8.73. The van der Waals surface area contributed by atoms with Gasteiger partial charge < -0.3 is 15.0 Å². The number of ether oxygens (including phenoxy) is 1. The Bertz CT molecular complexity index is 1130. The molecule has 0 bridgehead atoms. The van der Waals surface area contributed by atoms with Crippen molar-refractivity contribution in [3.63, 3.8) is 0 Å². The van der Waals surface area contributed by atoms with Gasteiger partial charge in [-0.15, -0.1) is 17.8 Å². The number of H-pyrrole nitrogens is 1. The molecule has 0 atom stereocenters. The van der Waals surface area contributed by atoms with E-state index in [9.17, 15) is 9.59 Å². The number of benzene rings is 1. The van der Waals surface area contributed by atoms with Crippen LogP contribution in [0.25, 0.3) is 10.9 Å². The molecule has 0 aliphatic carbocycles. The zero-order valence-corrected chi connectivity index (χ0v) is 17.4. The summed E-state index contributed by atoms with van der Waals surface area (Å²) in [5.74, 6) is 2.50. The van der Waals surface area contributed by atoms with Gasteiger partial charge in [0.2, 0.25) is 0 Å². The van der Waals surface area contributed by atoms with Gasteiger partial charge in [0.1, 0.15) is 5.69 Å². The second-order valence-corrected chi connectivity index (χ2v) is 8.08. The maximum absolute atomic E-state index is 12.7. The molecule has 154 valence electrons. The smallest absolute Gasteiger partial charge is 0.410 e. The molecule has 2 amide bonds. The average molecular weight is 444 g/mol. The molecule has 1 saturated heterocycles. The van der Waals surface area contributed by atoms with E-state index in [1.165, 1.54) is 11.3 Å². The van der Waals surface area contributed by atoms with Gasteiger partial charge >= 0.3 is 6.09 Å². The Labute approximate surface area is 181 Å². The number of anilines is 1. The van der Waals surface area contributed by atoms with E-state index >= 15 is 0 Å². The molecule has 0 saturated carbocycles. The molecule has 0 unspecified atom stereocenters. The summed E-state index contributed by atoms with van der Waals surface area (Å²) < 4.78 is 4.96. The quantitative estimate of drug-likeness (QED) is 0.596. The zero-order chi connectivity index (χ0) is 21.1. The van der Waals surface area contributed by atoms with Gasteiger partial charge in [0.15, 0.2) is 12.4 Å². The first kappa shape index (κ1) is 20.2. The third-order valence-electron chi connectivity index (χ3n) is 4.91. The van der Waals surface area contributed by atoms with Crippen LogP contribution in [-0.4, -0.2) is 51.8 Å². The number of hydrogen-bond donors (Lipinski definition) is 2. The Morgan fingerprint density at radius 3 is 2.97 bits per heavy atom. The van der Waals surface area contributed by atoms with Crippen LogP contribution in [0.4, 0.5) is 10.6 Å². The summed E-state index contributed by atoms with van der Waals surface area (Å²) in [5, 5.41) is 13.5. The highest BCUT2D eigenvalue weighted by atomic mass is 35.5. The number of nitrogens with zero attached hydrogens (tertiary/aromatic N) is 3. The number of rotatable bonds is 4. The Balaban J connectivity index is 1.39. The molecule has 1 fully saturated rings. The first-order chi connectivity index (χ1) is 14.6. The summed E-state index contributed by atoms with van der Waals surface area (Å²) in [6.07, 6.45) is 6.22. The molecule has 2 N–H and O–H groups in total. The number of hydrogen-bond acceptors (Lipinski definition) is 6. The highest BCUT2D eigenvalue weighted by Crippen LogP contribution is 2.31. The van der Waals surface area contributed by atoms with Crippen LogP contribution in [-0.2, 0) is 4.74 Å². The van der Waals surface area contributed by atoms with Gasteiger partial charge in [-0.1, -0.05) is 23.6 Å². The molecule has 0 radical (unpaired) electrons. The van der Waals surface area contributed by atoms with E-state index < -0.39 is 6.09 Å². The van der Waals surface area contributed by atoms with Crippen LogP contribution >= 0.6 is 22.9 Å². The Hall–Kier alpha value is -3.09. The fourth-order valence-corrected chi connectivity index (χ4v) is 4.61. The number of terminal acetylenes is 1. The van der Waals surface area contributed by atoms with E-state index in [4.69, 9.17) is 22.8 Å². The lowest BCUT2D eigenvalue weighted by Crippen LogP contribution is -2.38. The molecule has 1 aliphatic heterocycles. The Morgan fingerprint density at radius 1 is 1.40 bits per heavy atom. The molecule has 8 nitrogen and oxygen atoms in total. The average Bonchev–Trinajstić information content (AvgIpc) is 3.41. The molecule has 4 rings (SSSR count). The summed E-state index contributed by atoms with van der Waals surface area (Å²) in [5.41, 5.74) is 1.07. The van der Waals surface area contributed by atoms with Crippen molar-refractivity contribution in [1.82, 2.24) is 20.1 Å². The van der Waals surface area contributed by atoms with Gasteiger partial charge in [-0.05, 0) is 25.0 Å². The lowest BCUT2D eigenvalue weighted by Gasteiger charge is -2.30. The standard InChI is InChI=1S/C20H18ClN5O3S/c1-2-10-29-20(28)26-8-6-12(7-9-26)19-22-15(11-30-19)18(27)23-17-16-13(21)4-3-5-14(16)24-25-17/h1,3-5,11-12H,6-10H2,(H2,23,24,25,27). The van der Waals surface area contributed by atoms with Crippen LogP contribution in [0.2, 0.25) is 5.02 Å². The third kappa shape index (κ3) is 4.10. The minimum Gasteiger partial charge on any atom is -0.436 e. The number of aromatic nitrogens is 3. The Kier molecular flexibility index (Phi) is 5.88. The fraction of sp³-hybridized carbons (Fsp3) is 0.300. The maximum Gasteiger partial charge on any atom is 0.410 e. The highest BCUT2D eigenvalue weighted by molar-refractivity contribution is 7.10. The summed E-state index contributed by atoms with van der Waals surface area (Å²) in [4.78, 5) is 30.7. The van der Waals surface area contributed by atoms with Gasteiger partial charge in [-0.2, -0.15) is 5.10 Å². The van der Waals surface area contributed by atoms with E-state index in [1.807, 2.05) is 6.07 Å². The second-order valence-electron chi connectivity index (χ2n) is 6.78. The lowest BCUT2D eigenvalue weighted by atomic mass is 9.98. The van der Waals surface area contributed by atoms with Crippen molar-refractivity contribution in [1.29, 1.82) is 0 Å². The molecule has 1 aliphatic rings. The number of carbonyl (C=O) groups is 2. The lowest BCUT2D eigenvalue weighted by molar-refractivity contribution is 0.102. The Morgan fingerprint density at radius 2 is 2.20 bits per heavy atom. The van der Waals surface area contributed by atoms with Gasteiger partial charge in [0.25, 0.3) is 5.91 Å². The van der Waals surface area contributed by atoms with Crippen LogP contribution in [0, 0.1) is 12.3 Å². The molecule has 2 aromatic heterocycles. The normalized spacial score (nSPS) is 14.5. The van der Waals surface area contributed by atoms with E-state index in [-0.39, 0.29) is 18.4 Å². The molecule has 0 spiro atoms. The monoisotopic (exact) mass is 443 g/mol. The molecule has 30 heavy (non-hydrogen) atoms. The molecular formula is C20H18ClN5O3S. The summed E-state index contributed by atoms with van der Waals surface area (Å²) in [6.45, 7) is 1.10. The SMILES string of the molecule is C#CCOC(=O)N1CCC(c2nc(C(=O)Nc3n[nH]c4cccc(Cl)c34)cs2)CC1. The number of likely N-dealkylation sites (tertiary alicyclic amines) is 1. The summed E-state index contributed by atoms with van der Waals surface area (Å²) >= 11 is 7.67. The topological polar surface area (TPSA) is 100 Å². The van der Waals surface area contributed by atoms with Crippen LogP contribution in [0.5, 0.6) is 0 Å². The van der Waals surface area contributed by atoms with Crippen molar-refractivity contribution in [2.24, 2.45) is 0 Å². The molecule has 3 heterocycles. The van der Waals surface area contributed by atoms with E-state index in [0.717, 1.165) is 23.4 Å². The fourth-order valence-electron chi connectivity index (χ4n) is 3.38. The van der Waals surface area contributed by atoms with E-state index in [1.54, 1.807) is 22.4 Å². The first-order valence-electron chi connectivity index (χ1n) is 9.31. The number of halogens is 1. The number of aromatic amines is 1. The number of thiazole rings is 1. The van der Waals surface area contributed by atoms with Crippen LogP contribution < -0.4 is 5.32 Å². The number of nitrogens with one attached hydrogen (secondary N) is 2. The van der Waals surface area contributed by atoms with Crippen molar-refractivity contribution >= 4 is 51.7 Å². The molecule has 10 heteroatoms. The number of amides is 2. The van der Waals surface area contributed by atoms with Crippen molar-refractivity contribution in [3.05, 3.63) is 39.3 Å². The molecule has 1 aromatic carbocycles. The first-order valence-corrected chi connectivity index (χ1v) is 10.6. The minimum absolute atomic E-state index is 0.0276. The zero-order valence-electron chi connectivity index (χ0n) is 15.9. The van der Waals surface area contributed by atoms with Gasteiger partial charge in [-0.3, -0.25) is 9.89 Å². The van der Waals surface area contributed by atoms with Crippen LogP contribution in [0.15, 0.2) is 23.6 Å². The van der Waals surface area contributed by atoms with Crippen molar-refractivity contribution in [3.8, 4) is 12.3 Å². The van der Waals surface area contributed by atoms with Gasteiger partial charge in [0, 0.05) is 24.4 Å². The largest absolute Gasteiger partial charge is 0.436 e. The minimum atomic E-state index is -0.393. The number of carbonyl (C=O) groups excluding carboxylic acids is 2. The predicted octanol–water partition coefficient (Wildman–Crippen LogP) is 3.87. The number of fused-ring (bicyclic) bond motifs is 1. The number of piperidine rings is 1. The molecule has 3 aromatic rings. The predicted molar refractivity (Wildman–Crippen MR) is 115 cm³/mol. The van der Waals surface area contributed by atoms with Gasteiger partial charge in [-0.25, -0.2) is 9.78 Å². The third-order valence-corrected chi connectivity index (χ3v) is 6.23. The van der Waals surface area contributed by atoms with Crippen LogP contribution in [0.3, 0.4) is 0 Å².